The van der Waals surface area contributed by atoms with Gasteiger partial charge in [0.2, 0.25) is 10.0 Å². The minimum absolute atomic E-state index is 0.129. The quantitative estimate of drug-likeness (QED) is 0.453. The second-order valence-electron chi connectivity index (χ2n) is 6.00. The monoisotopic (exact) mass is 425 g/mol. The molecule has 0 aromatic heterocycles. The summed E-state index contributed by atoms with van der Waals surface area (Å²) in [5.41, 5.74) is 0.585. The van der Waals surface area contributed by atoms with E-state index >= 15 is 0 Å². The summed E-state index contributed by atoms with van der Waals surface area (Å²) in [4.78, 5) is -0.394. The number of benzene rings is 2. The summed E-state index contributed by atoms with van der Waals surface area (Å²) in [5.74, 6) is 0.715. The van der Waals surface area contributed by atoms with Crippen molar-refractivity contribution in [2.24, 2.45) is 0 Å². The van der Waals surface area contributed by atoms with Gasteiger partial charge in [0.05, 0.1) is 11.5 Å². The summed E-state index contributed by atoms with van der Waals surface area (Å²) in [7, 11) is -5.28. The topological polar surface area (TPSA) is 90.0 Å². The van der Waals surface area contributed by atoms with E-state index in [1.807, 2.05) is 6.92 Å². The third kappa shape index (κ3) is 4.92. The average Bonchev–Trinajstić information content (AvgIpc) is 2.64. The van der Waals surface area contributed by atoms with E-state index in [0.717, 1.165) is 10.4 Å². The molecular formula is C19H23NO6S2. The standard InChI is InChI=1S/C19H23NO6S2/c1-5-8-15-13-16(25-6-2)11-12-19(15)26-28(23,24)18-10-7-9-17(14-18)27(21,22)20(3)4/h5,7,9-14H,1,6,8H2,2-4H3. The molecule has 0 aliphatic carbocycles. The highest BCUT2D eigenvalue weighted by atomic mass is 32.2. The van der Waals surface area contributed by atoms with Crippen LogP contribution in [0, 0.1) is 0 Å². The number of hydrogen-bond donors (Lipinski definition) is 0. The van der Waals surface area contributed by atoms with Crippen molar-refractivity contribution in [3.05, 3.63) is 60.7 Å². The Hall–Kier alpha value is -2.36. The number of rotatable bonds is 9. The smallest absolute Gasteiger partial charge is 0.339 e. The Kier molecular flexibility index (Phi) is 6.87. The number of sulfonamides is 1. The Labute approximate surface area is 166 Å². The number of allylic oxidation sites excluding steroid dienone is 1. The number of ether oxygens (including phenoxy) is 1. The first-order valence-electron chi connectivity index (χ1n) is 8.45. The van der Waals surface area contributed by atoms with Crippen LogP contribution in [0.2, 0.25) is 0 Å². The van der Waals surface area contributed by atoms with E-state index in [2.05, 4.69) is 6.58 Å². The zero-order valence-corrected chi connectivity index (χ0v) is 17.6. The molecule has 0 spiro atoms. The fourth-order valence-electron chi connectivity index (χ4n) is 2.38. The van der Waals surface area contributed by atoms with Crippen LogP contribution in [0.5, 0.6) is 11.5 Å². The molecule has 0 fully saturated rings. The van der Waals surface area contributed by atoms with Gasteiger partial charge in [-0.3, -0.25) is 0 Å². The van der Waals surface area contributed by atoms with Gasteiger partial charge in [-0.05, 0) is 49.7 Å². The summed E-state index contributed by atoms with van der Waals surface area (Å²) >= 11 is 0. The lowest BCUT2D eigenvalue weighted by molar-refractivity contribution is 0.339. The molecule has 0 saturated carbocycles. The summed E-state index contributed by atoms with van der Waals surface area (Å²) in [5, 5.41) is 0. The van der Waals surface area contributed by atoms with Crippen molar-refractivity contribution in [3.8, 4) is 11.5 Å². The molecule has 2 aromatic rings. The van der Waals surface area contributed by atoms with Crippen LogP contribution >= 0.6 is 0 Å². The molecule has 0 amide bonds. The van der Waals surface area contributed by atoms with E-state index in [1.54, 1.807) is 18.2 Å². The fraction of sp³-hybridized carbons (Fsp3) is 0.263. The first-order chi connectivity index (χ1) is 13.1. The van der Waals surface area contributed by atoms with Gasteiger partial charge in [-0.15, -0.1) is 6.58 Å². The SMILES string of the molecule is C=CCc1cc(OCC)ccc1OS(=O)(=O)c1cccc(S(=O)(=O)N(C)C)c1. The molecular weight excluding hydrogens is 402 g/mol. The van der Waals surface area contributed by atoms with Crippen molar-refractivity contribution in [1.29, 1.82) is 0 Å². The molecule has 7 nitrogen and oxygen atoms in total. The molecule has 0 bridgehead atoms. The van der Waals surface area contributed by atoms with Gasteiger partial charge in [-0.2, -0.15) is 8.42 Å². The molecule has 0 saturated heterocycles. The van der Waals surface area contributed by atoms with Gasteiger partial charge >= 0.3 is 10.1 Å². The van der Waals surface area contributed by atoms with Crippen LogP contribution in [0.3, 0.4) is 0 Å². The lowest BCUT2D eigenvalue weighted by Gasteiger charge is -2.14. The summed E-state index contributed by atoms with van der Waals surface area (Å²) in [6.45, 7) is 5.98. The van der Waals surface area contributed by atoms with E-state index in [4.69, 9.17) is 8.92 Å². The Morgan fingerprint density at radius 3 is 2.32 bits per heavy atom. The van der Waals surface area contributed by atoms with Crippen LogP contribution in [-0.2, 0) is 26.6 Å². The summed E-state index contributed by atoms with van der Waals surface area (Å²) in [6, 6.07) is 9.83. The lowest BCUT2D eigenvalue weighted by atomic mass is 10.1. The van der Waals surface area contributed by atoms with E-state index in [9.17, 15) is 16.8 Å². The zero-order valence-electron chi connectivity index (χ0n) is 16.0. The van der Waals surface area contributed by atoms with E-state index in [-0.39, 0.29) is 15.5 Å². The molecule has 0 aliphatic rings. The van der Waals surface area contributed by atoms with E-state index in [0.29, 0.717) is 24.3 Å². The minimum atomic E-state index is -4.25. The van der Waals surface area contributed by atoms with Gasteiger partial charge in [0, 0.05) is 19.7 Å². The van der Waals surface area contributed by atoms with Crippen molar-refractivity contribution in [3.63, 3.8) is 0 Å². The van der Waals surface area contributed by atoms with Crippen LogP contribution < -0.4 is 8.92 Å². The molecule has 0 unspecified atom stereocenters. The fourth-order valence-corrected chi connectivity index (χ4v) is 4.41. The maximum atomic E-state index is 12.7. The highest BCUT2D eigenvalue weighted by Crippen LogP contribution is 2.29. The van der Waals surface area contributed by atoms with Crippen LogP contribution in [0.25, 0.3) is 0 Å². The average molecular weight is 426 g/mol. The van der Waals surface area contributed by atoms with Crippen LogP contribution in [0.4, 0.5) is 0 Å². The largest absolute Gasteiger partial charge is 0.494 e. The molecule has 0 atom stereocenters. The normalized spacial score (nSPS) is 12.0. The first kappa shape index (κ1) is 21.9. The first-order valence-corrected chi connectivity index (χ1v) is 11.3. The Bertz CT molecular complexity index is 1060. The van der Waals surface area contributed by atoms with E-state index in [1.165, 1.54) is 38.4 Å². The van der Waals surface area contributed by atoms with Crippen molar-refractivity contribution in [2.45, 2.75) is 23.1 Å². The molecule has 9 heteroatoms. The summed E-state index contributed by atoms with van der Waals surface area (Å²) < 4.78 is 61.7. The number of nitrogens with zero attached hydrogens (tertiary/aromatic N) is 1. The van der Waals surface area contributed by atoms with Crippen LogP contribution in [0.15, 0.2) is 64.9 Å². The van der Waals surface area contributed by atoms with Crippen molar-refractivity contribution in [2.75, 3.05) is 20.7 Å². The maximum absolute atomic E-state index is 12.7. The predicted octanol–water partition coefficient (Wildman–Crippen LogP) is 2.83. The van der Waals surface area contributed by atoms with Gasteiger partial charge in [0.25, 0.3) is 0 Å². The molecule has 28 heavy (non-hydrogen) atoms. The van der Waals surface area contributed by atoms with Gasteiger partial charge in [-0.1, -0.05) is 12.1 Å². The maximum Gasteiger partial charge on any atom is 0.339 e. The number of hydrogen-bond acceptors (Lipinski definition) is 6. The van der Waals surface area contributed by atoms with E-state index < -0.39 is 20.1 Å². The second-order valence-corrected chi connectivity index (χ2v) is 9.69. The van der Waals surface area contributed by atoms with Crippen LogP contribution in [-0.4, -0.2) is 41.8 Å². The van der Waals surface area contributed by atoms with Gasteiger partial charge < -0.3 is 8.92 Å². The van der Waals surface area contributed by atoms with Gasteiger partial charge in [0.15, 0.2) is 0 Å². The van der Waals surface area contributed by atoms with Crippen LogP contribution in [0.1, 0.15) is 12.5 Å². The predicted molar refractivity (Wildman–Crippen MR) is 107 cm³/mol. The highest BCUT2D eigenvalue weighted by Gasteiger charge is 2.23. The molecule has 0 aliphatic heterocycles. The third-order valence-electron chi connectivity index (χ3n) is 3.78. The molecule has 0 radical (unpaired) electrons. The molecule has 2 aromatic carbocycles. The Morgan fingerprint density at radius 2 is 1.71 bits per heavy atom. The highest BCUT2D eigenvalue weighted by molar-refractivity contribution is 7.89. The molecule has 2 rings (SSSR count). The minimum Gasteiger partial charge on any atom is -0.494 e. The Balaban J connectivity index is 2.43. The van der Waals surface area contributed by atoms with Gasteiger partial charge in [-0.25, -0.2) is 12.7 Å². The summed E-state index contributed by atoms with van der Waals surface area (Å²) in [6.07, 6.45) is 2.00. The second kappa shape index (κ2) is 8.76. The molecule has 0 heterocycles. The van der Waals surface area contributed by atoms with Crippen molar-refractivity contribution < 1.29 is 25.8 Å². The third-order valence-corrected chi connectivity index (χ3v) is 6.82. The van der Waals surface area contributed by atoms with Crippen molar-refractivity contribution in [1.82, 2.24) is 4.31 Å². The lowest BCUT2D eigenvalue weighted by Crippen LogP contribution is -2.22. The molecule has 0 N–H and O–H groups in total. The van der Waals surface area contributed by atoms with Crippen molar-refractivity contribution >= 4 is 20.1 Å². The zero-order chi connectivity index (χ0) is 20.9. The van der Waals surface area contributed by atoms with Gasteiger partial charge in [0.1, 0.15) is 16.4 Å². The molecule has 152 valence electrons. The Morgan fingerprint density at radius 1 is 1.04 bits per heavy atom.